The van der Waals surface area contributed by atoms with Crippen molar-refractivity contribution in [1.82, 2.24) is 4.90 Å². The van der Waals surface area contributed by atoms with Gasteiger partial charge in [-0.2, -0.15) is 0 Å². The normalized spacial score (nSPS) is 10.4. The molecule has 0 unspecified atom stereocenters. The molecule has 0 N–H and O–H groups in total. The average molecular weight is 239 g/mol. The van der Waals surface area contributed by atoms with E-state index >= 15 is 0 Å². The van der Waals surface area contributed by atoms with E-state index in [2.05, 4.69) is 4.74 Å². The lowest BCUT2D eigenvalue weighted by atomic mass is 10.4. The molecule has 1 aromatic heterocycles. The topological polar surface area (TPSA) is 46.6 Å². The van der Waals surface area contributed by atoms with Gasteiger partial charge in [0.2, 0.25) is 5.91 Å². The highest BCUT2D eigenvalue weighted by Gasteiger charge is 2.09. The molecular formula is C11H13NO3S. The van der Waals surface area contributed by atoms with Crippen molar-refractivity contribution in [3.63, 3.8) is 0 Å². The number of esters is 1. The minimum atomic E-state index is -0.430. The molecule has 1 heterocycles. The second-order valence-electron chi connectivity index (χ2n) is 3.12. The van der Waals surface area contributed by atoms with Crippen molar-refractivity contribution in [2.45, 2.75) is 0 Å². The van der Waals surface area contributed by atoms with Gasteiger partial charge < -0.3 is 9.64 Å². The van der Waals surface area contributed by atoms with Gasteiger partial charge in [-0.05, 0) is 17.5 Å². The number of carbonyl (C=O) groups is 2. The maximum atomic E-state index is 11.5. The molecule has 0 radical (unpaired) electrons. The van der Waals surface area contributed by atoms with Crippen LogP contribution in [0.25, 0.3) is 6.08 Å². The number of carbonyl (C=O) groups excluding carboxylic acids is 2. The number of hydrogen-bond acceptors (Lipinski definition) is 4. The molecule has 1 aromatic rings. The summed E-state index contributed by atoms with van der Waals surface area (Å²) in [7, 11) is 2.85. The standard InChI is InChI=1S/C11H13NO3S/c1-12(8-11(14)15-2)10(13)6-5-9-4-3-7-16-9/h3-7H,8H2,1-2H3. The highest BCUT2D eigenvalue weighted by molar-refractivity contribution is 7.10. The fourth-order valence-electron chi connectivity index (χ4n) is 1.00. The fourth-order valence-corrected chi connectivity index (χ4v) is 1.62. The van der Waals surface area contributed by atoms with E-state index in [1.807, 2.05) is 17.5 Å². The third-order valence-corrected chi connectivity index (χ3v) is 2.74. The number of rotatable bonds is 4. The summed E-state index contributed by atoms with van der Waals surface area (Å²) in [6, 6.07) is 3.82. The number of hydrogen-bond donors (Lipinski definition) is 0. The molecule has 0 saturated carbocycles. The Kier molecular flexibility index (Phi) is 4.72. The summed E-state index contributed by atoms with van der Waals surface area (Å²) in [5.41, 5.74) is 0. The molecule has 1 rings (SSSR count). The minimum Gasteiger partial charge on any atom is -0.468 e. The van der Waals surface area contributed by atoms with E-state index in [1.165, 1.54) is 18.1 Å². The molecule has 0 spiro atoms. The Balaban J connectivity index is 2.49. The molecular weight excluding hydrogens is 226 g/mol. The first kappa shape index (κ1) is 12.4. The molecule has 86 valence electrons. The quantitative estimate of drug-likeness (QED) is 0.589. The molecule has 5 heteroatoms. The lowest BCUT2D eigenvalue weighted by Gasteiger charge is -2.12. The molecule has 0 aliphatic heterocycles. The van der Waals surface area contributed by atoms with E-state index in [4.69, 9.17) is 0 Å². The lowest BCUT2D eigenvalue weighted by molar-refractivity contribution is -0.144. The van der Waals surface area contributed by atoms with Crippen molar-refractivity contribution in [1.29, 1.82) is 0 Å². The molecule has 16 heavy (non-hydrogen) atoms. The number of ether oxygens (including phenoxy) is 1. The van der Waals surface area contributed by atoms with E-state index in [9.17, 15) is 9.59 Å². The van der Waals surface area contributed by atoms with Crippen molar-refractivity contribution >= 4 is 29.3 Å². The maximum Gasteiger partial charge on any atom is 0.325 e. The summed E-state index contributed by atoms with van der Waals surface area (Å²) in [4.78, 5) is 24.7. The van der Waals surface area contributed by atoms with E-state index < -0.39 is 5.97 Å². The van der Waals surface area contributed by atoms with Crippen molar-refractivity contribution in [2.24, 2.45) is 0 Å². The summed E-state index contributed by atoms with van der Waals surface area (Å²) in [6.45, 7) is -0.0376. The molecule has 0 fully saturated rings. The fraction of sp³-hybridized carbons (Fsp3) is 0.273. The van der Waals surface area contributed by atoms with Gasteiger partial charge in [0.05, 0.1) is 7.11 Å². The van der Waals surface area contributed by atoms with E-state index in [0.717, 1.165) is 4.88 Å². The van der Waals surface area contributed by atoms with Gasteiger partial charge in [0.1, 0.15) is 6.54 Å². The Morgan fingerprint density at radius 1 is 1.56 bits per heavy atom. The zero-order valence-corrected chi connectivity index (χ0v) is 9.99. The van der Waals surface area contributed by atoms with Gasteiger partial charge in [0.25, 0.3) is 0 Å². The molecule has 0 aromatic carbocycles. The highest BCUT2D eigenvalue weighted by atomic mass is 32.1. The molecule has 0 aliphatic carbocycles. The van der Waals surface area contributed by atoms with Gasteiger partial charge in [-0.25, -0.2) is 0 Å². The molecule has 1 amide bonds. The van der Waals surface area contributed by atoms with Crippen LogP contribution < -0.4 is 0 Å². The van der Waals surface area contributed by atoms with Crippen LogP contribution in [0.3, 0.4) is 0 Å². The van der Waals surface area contributed by atoms with Gasteiger partial charge in [0.15, 0.2) is 0 Å². The lowest BCUT2D eigenvalue weighted by Crippen LogP contribution is -2.31. The SMILES string of the molecule is COC(=O)CN(C)C(=O)C=Cc1cccs1. The second kappa shape index (κ2) is 6.07. The average Bonchev–Trinajstić information content (AvgIpc) is 2.78. The highest BCUT2D eigenvalue weighted by Crippen LogP contribution is 2.10. The Labute approximate surface area is 98.1 Å². The summed E-state index contributed by atoms with van der Waals surface area (Å²) >= 11 is 1.55. The zero-order valence-electron chi connectivity index (χ0n) is 9.17. The number of amides is 1. The van der Waals surface area contributed by atoms with Gasteiger partial charge >= 0.3 is 5.97 Å². The summed E-state index contributed by atoms with van der Waals surface area (Å²) in [6.07, 6.45) is 3.16. The molecule has 0 atom stereocenters. The minimum absolute atomic E-state index is 0.0376. The van der Waals surface area contributed by atoms with E-state index in [1.54, 1.807) is 24.5 Å². The van der Waals surface area contributed by atoms with Crippen LogP contribution in [0.5, 0.6) is 0 Å². The van der Waals surface area contributed by atoms with Gasteiger partial charge in [0, 0.05) is 18.0 Å². The van der Waals surface area contributed by atoms with Gasteiger partial charge in [-0.3, -0.25) is 9.59 Å². The monoisotopic (exact) mass is 239 g/mol. The molecule has 4 nitrogen and oxygen atoms in total. The molecule has 0 bridgehead atoms. The number of likely N-dealkylation sites (N-methyl/N-ethyl adjacent to an activating group) is 1. The molecule has 0 saturated heterocycles. The van der Waals surface area contributed by atoms with Gasteiger partial charge in [-0.15, -0.1) is 11.3 Å². The van der Waals surface area contributed by atoms with Crippen molar-refractivity contribution < 1.29 is 14.3 Å². The third-order valence-electron chi connectivity index (χ3n) is 1.90. The van der Waals surface area contributed by atoms with Crippen molar-refractivity contribution in [3.05, 3.63) is 28.5 Å². The third kappa shape index (κ3) is 3.86. The van der Waals surface area contributed by atoms with Crippen LogP contribution in [-0.2, 0) is 14.3 Å². The van der Waals surface area contributed by atoms with Crippen LogP contribution in [0.15, 0.2) is 23.6 Å². The van der Waals surface area contributed by atoms with E-state index in [-0.39, 0.29) is 12.5 Å². The van der Waals surface area contributed by atoms with Crippen LogP contribution >= 0.6 is 11.3 Å². The smallest absolute Gasteiger partial charge is 0.325 e. The van der Waals surface area contributed by atoms with Crippen LogP contribution in [0, 0.1) is 0 Å². The van der Waals surface area contributed by atoms with Crippen molar-refractivity contribution in [2.75, 3.05) is 20.7 Å². The number of nitrogens with zero attached hydrogens (tertiary/aromatic N) is 1. The Morgan fingerprint density at radius 2 is 2.31 bits per heavy atom. The Morgan fingerprint density at radius 3 is 2.88 bits per heavy atom. The largest absolute Gasteiger partial charge is 0.468 e. The molecule has 0 aliphatic rings. The van der Waals surface area contributed by atoms with E-state index in [0.29, 0.717) is 0 Å². The predicted octanol–water partition coefficient (Wildman–Crippen LogP) is 1.39. The van der Waals surface area contributed by atoms with Crippen LogP contribution in [0.1, 0.15) is 4.88 Å². The Hall–Kier alpha value is -1.62. The summed E-state index contributed by atoms with van der Waals surface area (Å²) in [5.74, 6) is -0.654. The first-order valence-corrected chi connectivity index (χ1v) is 5.55. The predicted molar refractivity (Wildman–Crippen MR) is 63.0 cm³/mol. The zero-order chi connectivity index (χ0) is 12.0. The van der Waals surface area contributed by atoms with Crippen molar-refractivity contribution in [3.8, 4) is 0 Å². The van der Waals surface area contributed by atoms with Crippen LogP contribution in [-0.4, -0.2) is 37.5 Å². The second-order valence-corrected chi connectivity index (χ2v) is 4.10. The number of methoxy groups -OCH3 is 1. The summed E-state index contributed by atoms with van der Waals surface area (Å²) in [5, 5.41) is 1.93. The first-order chi connectivity index (χ1) is 7.63. The Bertz CT molecular complexity index is 384. The van der Waals surface area contributed by atoms with Gasteiger partial charge in [-0.1, -0.05) is 6.07 Å². The first-order valence-electron chi connectivity index (χ1n) is 4.67. The summed E-state index contributed by atoms with van der Waals surface area (Å²) < 4.78 is 4.47. The number of thiophene rings is 1. The maximum absolute atomic E-state index is 11.5. The van der Waals surface area contributed by atoms with Crippen LogP contribution in [0.2, 0.25) is 0 Å². The van der Waals surface area contributed by atoms with Crippen LogP contribution in [0.4, 0.5) is 0 Å².